The predicted molar refractivity (Wildman–Crippen MR) is 64.5 cm³/mol. The number of fused-ring (bicyclic) bond motifs is 1. The standard InChI is InChI=1S/C13H22N2O2/c16-10-7-15(8-10)13(17)12-6-5-9-3-1-2-4-11(9)14-12/h9-12,14,16H,1-8H2. The van der Waals surface area contributed by atoms with Crippen molar-refractivity contribution in [1.29, 1.82) is 0 Å². The molecule has 3 fully saturated rings. The normalized spacial score (nSPS) is 38.4. The molecule has 96 valence electrons. The molecule has 2 saturated heterocycles. The molecule has 1 saturated carbocycles. The topological polar surface area (TPSA) is 52.6 Å². The second-order valence-electron chi connectivity index (χ2n) is 5.84. The zero-order chi connectivity index (χ0) is 11.8. The smallest absolute Gasteiger partial charge is 0.239 e. The van der Waals surface area contributed by atoms with Crippen molar-refractivity contribution in [3.05, 3.63) is 0 Å². The highest BCUT2D eigenvalue weighted by atomic mass is 16.3. The molecule has 2 aliphatic heterocycles. The Balaban J connectivity index is 1.56. The number of carbonyl (C=O) groups is 1. The van der Waals surface area contributed by atoms with E-state index in [2.05, 4.69) is 5.32 Å². The molecule has 3 rings (SSSR count). The van der Waals surface area contributed by atoms with E-state index in [9.17, 15) is 9.90 Å². The van der Waals surface area contributed by atoms with Gasteiger partial charge in [-0.1, -0.05) is 12.8 Å². The second kappa shape index (κ2) is 4.58. The van der Waals surface area contributed by atoms with Gasteiger partial charge in [0.2, 0.25) is 5.91 Å². The fourth-order valence-corrected chi connectivity index (χ4v) is 3.55. The van der Waals surface area contributed by atoms with Crippen molar-refractivity contribution in [1.82, 2.24) is 10.2 Å². The first-order chi connectivity index (χ1) is 8.24. The van der Waals surface area contributed by atoms with Crippen molar-refractivity contribution in [2.45, 2.75) is 56.7 Å². The summed E-state index contributed by atoms with van der Waals surface area (Å²) in [6, 6.07) is 0.583. The summed E-state index contributed by atoms with van der Waals surface area (Å²) in [5.41, 5.74) is 0. The fourth-order valence-electron chi connectivity index (χ4n) is 3.55. The van der Waals surface area contributed by atoms with Gasteiger partial charge in [-0.2, -0.15) is 0 Å². The van der Waals surface area contributed by atoms with Gasteiger partial charge in [-0.25, -0.2) is 0 Å². The van der Waals surface area contributed by atoms with Crippen LogP contribution in [0.1, 0.15) is 38.5 Å². The Kier molecular flexibility index (Phi) is 3.09. The van der Waals surface area contributed by atoms with E-state index < -0.39 is 0 Å². The Morgan fingerprint density at radius 3 is 2.65 bits per heavy atom. The number of hydrogen-bond donors (Lipinski definition) is 2. The molecule has 1 amide bonds. The first-order valence-corrected chi connectivity index (χ1v) is 6.97. The van der Waals surface area contributed by atoms with E-state index in [1.54, 1.807) is 4.90 Å². The van der Waals surface area contributed by atoms with Crippen LogP contribution in [0.3, 0.4) is 0 Å². The Bertz CT molecular complexity index is 302. The Hall–Kier alpha value is -0.610. The molecule has 4 nitrogen and oxygen atoms in total. The lowest BCUT2D eigenvalue weighted by atomic mass is 9.77. The predicted octanol–water partition coefficient (Wildman–Crippen LogP) is 0.500. The molecule has 0 spiro atoms. The monoisotopic (exact) mass is 238 g/mol. The van der Waals surface area contributed by atoms with Gasteiger partial charge >= 0.3 is 0 Å². The molecule has 17 heavy (non-hydrogen) atoms. The molecule has 3 aliphatic rings. The second-order valence-corrected chi connectivity index (χ2v) is 5.84. The number of β-amino-alcohol motifs (C(OH)–C–C–N with tert-alkyl or cyclic N) is 1. The molecule has 0 aromatic rings. The molecule has 2 heterocycles. The van der Waals surface area contributed by atoms with Gasteiger partial charge in [-0.3, -0.25) is 4.79 Å². The maximum absolute atomic E-state index is 12.2. The van der Waals surface area contributed by atoms with E-state index >= 15 is 0 Å². The largest absolute Gasteiger partial charge is 0.389 e. The Labute approximate surface area is 102 Å². The molecule has 2 N–H and O–H groups in total. The molecule has 0 aromatic carbocycles. The van der Waals surface area contributed by atoms with Crippen molar-refractivity contribution in [3.63, 3.8) is 0 Å². The van der Waals surface area contributed by atoms with Crippen LogP contribution >= 0.6 is 0 Å². The van der Waals surface area contributed by atoms with Crippen molar-refractivity contribution >= 4 is 5.91 Å². The average molecular weight is 238 g/mol. The molecular weight excluding hydrogens is 216 g/mol. The van der Waals surface area contributed by atoms with Crippen molar-refractivity contribution < 1.29 is 9.90 Å². The van der Waals surface area contributed by atoms with Gasteiger partial charge in [-0.05, 0) is 31.6 Å². The number of aliphatic hydroxyl groups excluding tert-OH is 1. The van der Waals surface area contributed by atoms with E-state index in [-0.39, 0.29) is 18.1 Å². The van der Waals surface area contributed by atoms with E-state index in [1.165, 1.54) is 32.1 Å². The highest BCUT2D eigenvalue weighted by Crippen LogP contribution is 2.32. The van der Waals surface area contributed by atoms with Crippen LogP contribution in [0, 0.1) is 5.92 Å². The molecule has 1 aliphatic carbocycles. The number of amides is 1. The molecule has 3 atom stereocenters. The first-order valence-electron chi connectivity index (χ1n) is 6.97. The number of nitrogens with one attached hydrogen (secondary N) is 1. The van der Waals surface area contributed by atoms with E-state index in [0.717, 1.165) is 12.3 Å². The number of likely N-dealkylation sites (tertiary alicyclic amines) is 1. The van der Waals surface area contributed by atoms with Crippen LogP contribution < -0.4 is 5.32 Å². The molecule has 3 unspecified atom stereocenters. The average Bonchev–Trinajstić information content (AvgIpc) is 2.33. The molecule has 4 heteroatoms. The number of rotatable bonds is 1. The van der Waals surface area contributed by atoms with E-state index in [1.807, 2.05) is 0 Å². The summed E-state index contributed by atoms with van der Waals surface area (Å²) in [4.78, 5) is 13.9. The number of aliphatic hydroxyl groups is 1. The van der Waals surface area contributed by atoms with Crippen LogP contribution in [0.2, 0.25) is 0 Å². The molecule has 0 bridgehead atoms. The lowest BCUT2D eigenvalue weighted by Crippen LogP contribution is -2.61. The third-order valence-electron chi connectivity index (χ3n) is 4.62. The highest BCUT2D eigenvalue weighted by Gasteiger charge is 2.38. The fraction of sp³-hybridized carbons (Fsp3) is 0.923. The highest BCUT2D eigenvalue weighted by molar-refractivity contribution is 5.82. The van der Waals surface area contributed by atoms with Crippen LogP contribution in [0.25, 0.3) is 0 Å². The van der Waals surface area contributed by atoms with Crippen LogP contribution in [0.4, 0.5) is 0 Å². The zero-order valence-corrected chi connectivity index (χ0v) is 10.3. The van der Waals surface area contributed by atoms with Crippen LogP contribution in [0.15, 0.2) is 0 Å². The van der Waals surface area contributed by atoms with Crippen LogP contribution in [0.5, 0.6) is 0 Å². The van der Waals surface area contributed by atoms with Crippen molar-refractivity contribution in [3.8, 4) is 0 Å². The summed E-state index contributed by atoms with van der Waals surface area (Å²) in [5, 5.41) is 12.8. The maximum atomic E-state index is 12.2. The van der Waals surface area contributed by atoms with Gasteiger partial charge in [0.1, 0.15) is 0 Å². The maximum Gasteiger partial charge on any atom is 0.239 e. The number of carbonyl (C=O) groups excluding carboxylic acids is 1. The summed E-state index contributed by atoms with van der Waals surface area (Å²) >= 11 is 0. The van der Waals surface area contributed by atoms with E-state index in [0.29, 0.717) is 19.1 Å². The van der Waals surface area contributed by atoms with Crippen molar-refractivity contribution in [2.24, 2.45) is 5.92 Å². The molecule has 0 radical (unpaired) electrons. The molecule has 0 aromatic heterocycles. The van der Waals surface area contributed by atoms with E-state index in [4.69, 9.17) is 0 Å². The Morgan fingerprint density at radius 1 is 1.12 bits per heavy atom. The number of hydrogen-bond acceptors (Lipinski definition) is 3. The van der Waals surface area contributed by atoms with Gasteiger partial charge in [-0.15, -0.1) is 0 Å². The minimum absolute atomic E-state index is 0.0156. The Morgan fingerprint density at radius 2 is 1.88 bits per heavy atom. The van der Waals surface area contributed by atoms with Gasteiger partial charge < -0.3 is 15.3 Å². The number of nitrogens with zero attached hydrogens (tertiary/aromatic N) is 1. The zero-order valence-electron chi connectivity index (χ0n) is 10.3. The summed E-state index contributed by atoms with van der Waals surface area (Å²) < 4.78 is 0. The summed E-state index contributed by atoms with van der Waals surface area (Å²) in [7, 11) is 0. The third kappa shape index (κ3) is 2.20. The van der Waals surface area contributed by atoms with Gasteiger partial charge in [0.25, 0.3) is 0 Å². The van der Waals surface area contributed by atoms with Gasteiger partial charge in [0.05, 0.1) is 12.1 Å². The number of piperidine rings is 1. The summed E-state index contributed by atoms with van der Waals surface area (Å²) in [6.45, 7) is 1.07. The first kappa shape index (κ1) is 11.5. The minimum atomic E-state index is -0.287. The van der Waals surface area contributed by atoms with Crippen molar-refractivity contribution in [2.75, 3.05) is 13.1 Å². The summed E-state index contributed by atoms with van der Waals surface area (Å²) in [6.07, 6.45) is 7.12. The van der Waals surface area contributed by atoms with Crippen LogP contribution in [-0.4, -0.2) is 47.2 Å². The minimum Gasteiger partial charge on any atom is -0.389 e. The lowest BCUT2D eigenvalue weighted by molar-refractivity contribution is -0.145. The lowest BCUT2D eigenvalue weighted by Gasteiger charge is -2.44. The summed E-state index contributed by atoms with van der Waals surface area (Å²) in [5.74, 6) is 1.01. The third-order valence-corrected chi connectivity index (χ3v) is 4.62. The van der Waals surface area contributed by atoms with Gasteiger partial charge in [0.15, 0.2) is 0 Å². The quantitative estimate of drug-likeness (QED) is 0.699. The molecular formula is C13H22N2O2. The van der Waals surface area contributed by atoms with Crippen LogP contribution in [-0.2, 0) is 4.79 Å². The van der Waals surface area contributed by atoms with Gasteiger partial charge in [0, 0.05) is 19.1 Å². The SMILES string of the molecule is O=C(C1CCC2CCCCC2N1)N1CC(O)C1.